The second-order valence-electron chi connectivity index (χ2n) is 5.34. The first-order valence-corrected chi connectivity index (χ1v) is 7.61. The van der Waals surface area contributed by atoms with Gasteiger partial charge in [-0.3, -0.25) is 4.98 Å². The Kier molecular flexibility index (Phi) is 3.60. The van der Waals surface area contributed by atoms with Gasteiger partial charge in [0.15, 0.2) is 0 Å². The lowest BCUT2D eigenvalue weighted by atomic mass is 10.0. The third-order valence-electron chi connectivity index (χ3n) is 3.89. The lowest BCUT2D eigenvalue weighted by Gasteiger charge is -2.09. The summed E-state index contributed by atoms with van der Waals surface area (Å²) >= 11 is 0. The van der Waals surface area contributed by atoms with Gasteiger partial charge in [-0.05, 0) is 18.2 Å². The van der Waals surface area contributed by atoms with Gasteiger partial charge in [0.1, 0.15) is 0 Å². The molecule has 0 saturated heterocycles. The molecule has 0 aliphatic rings. The number of methoxy groups -OCH3 is 1. The molecule has 0 aliphatic heterocycles. The molecule has 4 aromatic heterocycles. The van der Waals surface area contributed by atoms with Crippen LogP contribution >= 0.6 is 0 Å². The number of rotatable bonds is 3. The van der Waals surface area contributed by atoms with Crippen LogP contribution in [0.3, 0.4) is 0 Å². The highest BCUT2D eigenvalue weighted by Gasteiger charge is 2.13. The van der Waals surface area contributed by atoms with E-state index in [-0.39, 0.29) is 0 Å². The second kappa shape index (κ2) is 6.06. The van der Waals surface area contributed by atoms with Crippen molar-refractivity contribution in [1.82, 2.24) is 19.4 Å². The van der Waals surface area contributed by atoms with Gasteiger partial charge in [0.05, 0.1) is 30.9 Å². The SMILES string of the molecule is [C-]#[N+]c1cnc2ccc(-c3cccnc3-c3cccc(OC)n3)cn12. The molecule has 0 bridgehead atoms. The number of aromatic nitrogens is 4. The summed E-state index contributed by atoms with van der Waals surface area (Å²) in [6.07, 6.45) is 5.20. The van der Waals surface area contributed by atoms with Crippen molar-refractivity contribution in [2.24, 2.45) is 0 Å². The van der Waals surface area contributed by atoms with Gasteiger partial charge < -0.3 is 9.58 Å². The maximum absolute atomic E-state index is 7.27. The monoisotopic (exact) mass is 327 g/mol. The summed E-state index contributed by atoms with van der Waals surface area (Å²) in [6.45, 7) is 7.27. The van der Waals surface area contributed by atoms with E-state index in [0.717, 1.165) is 28.2 Å². The summed E-state index contributed by atoms with van der Waals surface area (Å²) < 4.78 is 6.99. The van der Waals surface area contributed by atoms with Gasteiger partial charge in [-0.15, -0.1) is 0 Å². The minimum atomic E-state index is 0.474. The van der Waals surface area contributed by atoms with Crippen LogP contribution in [0.5, 0.6) is 5.88 Å². The van der Waals surface area contributed by atoms with E-state index in [1.165, 1.54) is 0 Å². The molecule has 0 aromatic carbocycles. The number of fused-ring (bicyclic) bond motifs is 1. The Labute approximate surface area is 144 Å². The van der Waals surface area contributed by atoms with Crippen molar-refractivity contribution in [2.45, 2.75) is 0 Å². The zero-order chi connectivity index (χ0) is 17.2. The molecule has 0 saturated carbocycles. The summed E-state index contributed by atoms with van der Waals surface area (Å²) in [5.74, 6) is 1.01. The van der Waals surface area contributed by atoms with Crippen LogP contribution in [0, 0.1) is 6.57 Å². The molecule has 0 radical (unpaired) electrons. The molecule has 4 aromatic rings. The molecule has 4 rings (SSSR count). The fourth-order valence-electron chi connectivity index (χ4n) is 2.71. The quantitative estimate of drug-likeness (QED) is 0.533. The molecule has 25 heavy (non-hydrogen) atoms. The predicted molar refractivity (Wildman–Crippen MR) is 94.5 cm³/mol. The van der Waals surface area contributed by atoms with Gasteiger partial charge in [0.2, 0.25) is 11.5 Å². The van der Waals surface area contributed by atoms with Crippen molar-refractivity contribution in [3.63, 3.8) is 0 Å². The Morgan fingerprint density at radius 1 is 1.08 bits per heavy atom. The first kappa shape index (κ1) is 14.8. The van der Waals surface area contributed by atoms with E-state index in [9.17, 15) is 0 Å². The molecule has 0 unspecified atom stereocenters. The third kappa shape index (κ3) is 2.58. The smallest absolute Gasteiger partial charge is 0.254 e. The van der Waals surface area contributed by atoms with Gasteiger partial charge in [-0.2, -0.15) is 0 Å². The number of imidazole rings is 1. The summed E-state index contributed by atoms with van der Waals surface area (Å²) in [4.78, 5) is 16.7. The van der Waals surface area contributed by atoms with Crippen molar-refractivity contribution in [3.8, 4) is 28.4 Å². The van der Waals surface area contributed by atoms with E-state index in [1.807, 2.05) is 42.6 Å². The largest absolute Gasteiger partial charge is 0.481 e. The third-order valence-corrected chi connectivity index (χ3v) is 3.89. The summed E-state index contributed by atoms with van der Waals surface area (Å²) in [5.41, 5.74) is 4.08. The van der Waals surface area contributed by atoms with E-state index in [1.54, 1.807) is 30.0 Å². The average Bonchev–Trinajstić information content (AvgIpc) is 3.10. The first-order chi connectivity index (χ1) is 12.3. The van der Waals surface area contributed by atoms with Crippen molar-refractivity contribution in [1.29, 1.82) is 0 Å². The van der Waals surface area contributed by atoms with Gasteiger partial charge in [-0.25, -0.2) is 14.4 Å². The molecule has 120 valence electrons. The minimum Gasteiger partial charge on any atom is -0.481 e. The van der Waals surface area contributed by atoms with Crippen molar-refractivity contribution in [3.05, 3.63) is 72.5 Å². The molecule has 0 fully saturated rings. The normalized spacial score (nSPS) is 10.6. The summed E-state index contributed by atoms with van der Waals surface area (Å²) in [5, 5.41) is 0. The Balaban J connectivity index is 1.90. The summed E-state index contributed by atoms with van der Waals surface area (Å²) in [7, 11) is 1.59. The Morgan fingerprint density at radius 2 is 2.00 bits per heavy atom. The first-order valence-electron chi connectivity index (χ1n) is 7.61. The number of hydrogen-bond acceptors (Lipinski definition) is 4. The number of ether oxygens (including phenoxy) is 1. The molecular formula is C19H13N5O. The standard InChI is InChI=1S/C19H13N5O/c1-20-17-11-22-16-9-8-13(12-24(16)17)14-5-4-10-21-19(14)15-6-3-7-18(23-15)25-2/h3-12H,2H3. The lowest BCUT2D eigenvalue weighted by Crippen LogP contribution is -1.95. The molecule has 0 aliphatic carbocycles. The van der Waals surface area contributed by atoms with Crippen molar-refractivity contribution in [2.75, 3.05) is 7.11 Å². The van der Waals surface area contributed by atoms with E-state index >= 15 is 0 Å². The Bertz CT molecular complexity index is 1110. The van der Waals surface area contributed by atoms with Crippen molar-refractivity contribution >= 4 is 11.5 Å². The van der Waals surface area contributed by atoms with Crippen LogP contribution in [-0.2, 0) is 0 Å². The second-order valence-corrected chi connectivity index (χ2v) is 5.34. The Hall–Kier alpha value is -3.72. The van der Waals surface area contributed by atoms with Crippen LogP contribution in [0.4, 0.5) is 5.82 Å². The van der Waals surface area contributed by atoms with E-state index < -0.39 is 0 Å². The molecule has 0 N–H and O–H groups in total. The molecule has 0 atom stereocenters. The number of pyridine rings is 3. The molecule has 6 nitrogen and oxygen atoms in total. The number of hydrogen-bond donors (Lipinski definition) is 0. The fraction of sp³-hybridized carbons (Fsp3) is 0.0526. The zero-order valence-corrected chi connectivity index (χ0v) is 13.4. The van der Waals surface area contributed by atoms with E-state index in [0.29, 0.717) is 11.7 Å². The molecule has 0 spiro atoms. The van der Waals surface area contributed by atoms with Gasteiger partial charge >= 0.3 is 0 Å². The van der Waals surface area contributed by atoms with E-state index in [4.69, 9.17) is 11.3 Å². The molecule has 0 amide bonds. The van der Waals surface area contributed by atoms with E-state index in [2.05, 4.69) is 19.8 Å². The molecule has 4 heterocycles. The zero-order valence-electron chi connectivity index (χ0n) is 13.4. The highest BCUT2D eigenvalue weighted by Crippen LogP contribution is 2.31. The fourth-order valence-corrected chi connectivity index (χ4v) is 2.71. The van der Waals surface area contributed by atoms with Crippen LogP contribution in [0.2, 0.25) is 0 Å². The number of nitrogens with zero attached hydrogens (tertiary/aromatic N) is 5. The van der Waals surface area contributed by atoms with Crippen LogP contribution in [0.15, 0.2) is 61.1 Å². The molecular weight excluding hydrogens is 314 g/mol. The molecule has 6 heteroatoms. The summed E-state index contributed by atoms with van der Waals surface area (Å²) in [6, 6.07) is 13.3. The van der Waals surface area contributed by atoms with Gasteiger partial charge in [-0.1, -0.05) is 18.7 Å². The van der Waals surface area contributed by atoms with Gasteiger partial charge in [0, 0.05) is 29.5 Å². The van der Waals surface area contributed by atoms with Crippen LogP contribution < -0.4 is 4.74 Å². The van der Waals surface area contributed by atoms with Crippen LogP contribution in [0.1, 0.15) is 0 Å². The minimum absolute atomic E-state index is 0.474. The van der Waals surface area contributed by atoms with Crippen molar-refractivity contribution < 1.29 is 4.74 Å². The highest BCUT2D eigenvalue weighted by molar-refractivity contribution is 5.79. The highest BCUT2D eigenvalue weighted by atomic mass is 16.5. The van der Waals surface area contributed by atoms with Gasteiger partial charge in [0.25, 0.3) is 5.82 Å². The topological polar surface area (TPSA) is 56.7 Å². The lowest BCUT2D eigenvalue weighted by molar-refractivity contribution is 0.398. The van der Waals surface area contributed by atoms with Crippen LogP contribution in [-0.4, -0.2) is 26.5 Å². The maximum atomic E-state index is 7.27. The average molecular weight is 327 g/mol. The van der Waals surface area contributed by atoms with Crippen LogP contribution in [0.25, 0.3) is 33.0 Å². The maximum Gasteiger partial charge on any atom is 0.254 e. The predicted octanol–water partition coefficient (Wildman–Crippen LogP) is 4.02. The Morgan fingerprint density at radius 3 is 2.84 bits per heavy atom.